The maximum atomic E-state index is 13.8. The lowest BCUT2D eigenvalue weighted by Gasteiger charge is -2.26. The Morgan fingerprint density at radius 2 is 1.77 bits per heavy atom. The molecule has 0 radical (unpaired) electrons. The van der Waals surface area contributed by atoms with Crippen LogP contribution in [0.5, 0.6) is 0 Å². The molecule has 176 valence electrons. The highest BCUT2D eigenvalue weighted by Gasteiger charge is 2.28. The van der Waals surface area contributed by atoms with E-state index in [0.717, 1.165) is 36.2 Å². The monoisotopic (exact) mass is 472 g/mol. The second-order valence-electron chi connectivity index (χ2n) is 8.53. The van der Waals surface area contributed by atoms with E-state index < -0.39 is 30.1 Å². The predicted molar refractivity (Wildman–Crippen MR) is 128 cm³/mol. The highest BCUT2D eigenvalue weighted by atomic mass is 19.1. The van der Waals surface area contributed by atoms with Crippen LogP contribution in [0.1, 0.15) is 39.5 Å². The minimum absolute atomic E-state index is 0.190. The zero-order valence-electron chi connectivity index (χ0n) is 18.8. The van der Waals surface area contributed by atoms with Crippen LogP contribution < -0.4 is 5.32 Å². The van der Waals surface area contributed by atoms with Gasteiger partial charge in [-0.3, -0.25) is 9.78 Å². The van der Waals surface area contributed by atoms with Gasteiger partial charge in [-0.25, -0.2) is 13.6 Å². The maximum Gasteiger partial charge on any atom is 0.339 e. The van der Waals surface area contributed by atoms with E-state index in [-0.39, 0.29) is 11.6 Å². The van der Waals surface area contributed by atoms with E-state index in [4.69, 9.17) is 9.72 Å². The summed E-state index contributed by atoms with van der Waals surface area (Å²) >= 11 is 0. The van der Waals surface area contributed by atoms with Gasteiger partial charge in [0.25, 0.3) is 5.91 Å². The first-order valence-electron chi connectivity index (χ1n) is 11.4. The van der Waals surface area contributed by atoms with Gasteiger partial charge in [-0.15, -0.1) is 0 Å². The van der Waals surface area contributed by atoms with Gasteiger partial charge in [-0.2, -0.15) is 0 Å². The number of pyridine rings is 1. The minimum Gasteiger partial charge on any atom is -0.452 e. The van der Waals surface area contributed by atoms with Crippen molar-refractivity contribution in [2.24, 2.45) is 0 Å². The molecule has 0 fully saturated rings. The lowest BCUT2D eigenvalue weighted by molar-refractivity contribution is -0.119. The Kier molecular flexibility index (Phi) is 6.23. The molecule has 0 saturated heterocycles. The molecule has 1 aliphatic rings. The van der Waals surface area contributed by atoms with Gasteiger partial charge in [0, 0.05) is 17.1 Å². The number of carbonyl (C=O) groups is 2. The number of carbonyl (C=O) groups excluding carboxylic acids is 2. The van der Waals surface area contributed by atoms with Crippen LogP contribution in [0.15, 0.2) is 72.8 Å². The summed E-state index contributed by atoms with van der Waals surface area (Å²) in [4.78, 5) is 30.4. The zero-order chi connectivity index (χ0) is 24.4. The number of fused-ring (bicyclic) bond motifs is 2. The van der Waals surface area contributed by atoms with Crippen molar-refractivity contribution in [3.8, 4) is 0 Å². The third kappa shape index (κ3) is 4.75. The summed E-state index contributed by atoms with van der Waals surface area (Å²) in [7, 11) is 0. The standard InChI is InChI=1S/C28H22F2N2O3/c29-19-11-13-25(22(30)15-19)32-26(33)16-35-28(34)27-20-8-4-5-9-23(20)31-24-12-10-18(14-21(24)27)17-6-2-1-3-7-17/h1-9,11,13,15,18H,10,12,14,16H2,(H,32,33). The molecule has 0 bridgehead atoms. The molecule has 5 rings (SSSR count). The van der Waals surface area contributed by atoms with E-state index in [9.17, 15) is 18.4 Å². The average Bonchev–Trinajstić information content (AvgIpc) is 2.87. The van der Waals surface area contributed by atoms with E-state index in [2.05, 4.69) is 17.4 Å². The molecule has 0 spiro atoms. The number of aryl methyl sites for hydroxylation is 1. The van der Waals surface area contributed by atoms with Gasteiger partial charge >= 0.3 is 5.97 Å². The summed E-state index contributed by atoms with van der Waals surface area (Å²) < 4.78 is 32.3. The molecule has 0 saturated carbocycles. The number of nitrogens with zero attached hydrogens (tertiary/aromatic N) is 1. The molecule has 5 nitrogen and oxygen atoms in total. The Balaban J connectivity index is 1.41. The number of halogens is 2. The number of esters is 1. The number of ether oxygens (including phenoxy) is 1. The zero-order valence-corrected chi connectivity index (χ0v) is 18.8. The van der Waals surface area contributed by atoms with Gasteiger partial charge < -0.3 is 10.1 Å². The number of rotatable bonds is 5. The van der Waals surface area contributed by atoms with E-state index in [0.29, 0.717) is 29.0 Å². The SMILES string of the molecule is O=C(COC(=O)c1c2c(nc3ccccc13)CCC(c1ccccc1)C2)Nc1ccc(F)cc1F. The quantitative estimate of drug-likeness (QED) is 0.385. The lowest BCUT2D eigenvalue weighted by Crippen LogP contribution is -2.24. The Bertz CT molecular complexity index is 1420. The van der Waals surface area contributed by atoms with Crippen LogP contribution in [0, 0.1) is 11.6 Å². The number of amides is 1. The molecule has 1 amide bonds. The van der Waals surface area contributed by atoms with Crippen LogP contribution in [0.2, 0.25) is 0 Å². The smallest absolute Gasteiger partial charge is 0.339 e. The molecule has 1 aromatic heterocycles. The van der Waals surface area contributed by atoms with Crippen molar-refractivity contribution < 1.29 is 23.1 Å². The van der Waals surface area contributed by atoms with Gasteiger partial charge in [-0.05, 0) is 54.5 Å². The predicted octanol–water partition coefficient (Wildman–Crippen LogP) is 5.58. The van der Waals surface area contributed by atoms with Gasteiger partial charge in [0.05, 0.1) is 16.8 Å². The van der Waals surface area contributed by atoms with Crippen molar-refractivity contribution in [3.63, 3.8) is 0 Å². The molecular formula is C28H22F2N2O3. The summed E-state index contributed by atoms with van der Waals surface area (Å²) in [6.45, 7) is -0.608. The Labute approximate surface area is 200 Å². The number of hydrogen-bond donors (Lipinski definition) is 1. The molecule has 1 unspecified atom stereocenters. The van der Waals surface area contributed by atoms with Crippen molar-refractivity contribution in [2.75, 3.05) is 11.9 Å². The summed E-state index contributed by atoms with van der Waals surface area (Å²) in [6.07, 6.45) is 2.28. The van der Waals surface area contributed by atoms with Crippen LogP contribution >= 0.6 is 0 Å². The molecule has 1 atom stereocenters. The van der Waals surface area contributed by atoms with Crippen molar-refractivity contribution in [1.29, 1.82) is 0 Å². The second kappa shape index (κ2) is 9.62. The fourth-order valence-electron chi connectivity index (χ4n) is 4.61. The summed E-state index contributed by atoms with van der Waals surface area (Å²) in [5, 5.41) is 2.96. The molecule has 1 heterocycles. The number of anilines is 1. The summed E-state index contributed by atoms with van der Waals surface area (Å²) in [6, 6.07) is 20.3. The van der Waals surface area contributed by atoms with Crippen molar-refractivity contribution in [2.45, 2.75) is 25.2 Å². The first-order chi connectivity index (χ1) is 17.0. The van der Waals surface area contributed by atoms with Crippen LogP contribution in [-0.2, 0) is 22.4 Å². The van der Waals surface area contributed by atoms with Crippen molar-refractivity contribution in [3.05, 3.63) is 107 Å². The molecule has 4 aromatic rings. The van der Waals surface area contributed by atoms with E-state index in [1.54, 1.807) is 0 Å². The molecule has 3 aromatic carbocycles. The number of para-hydroxylation sites is 1. The summed E-state index contributed by atoms with van der Waals surface area (Å²) in [5.41, 5.74) is 3.80. The Morgan fingerprint density at radius 1 is 1.00 bits per heavy atom. The molecule has 1 N–H and O–H groups in total. The molecular weight excluding hydrogens is 450 g/mol. The molecule has 7 heteroatoms. The molecule has 0 aliphatic heterocycles. The maximum absolute atomic E-state index is 13.8. The van der Waals surface area contributed by atoms with Crippen molar-refractivity contribution in [1.82, 2.24) is 4.98 Å². The first kappa shape index (κ1) is 22.7. The normalized spacial score (nSPS) is 14.9. The van der Waals surface area contributed by atoms with E-state index >= 15 is 0 Å². The third-order valence-electron chi connectivity index (χ3n) is 6.27. The Morgan fingerprint density at radius 3 is 2.57 bits per heavy atom. The van der Waals surface area contributed by atoms with Gasteiger partial charge in [0.2, 0.25) is 0 Å². The van der Waals surface area contributed by atoms with Crippen LogP contribution in [0.3, 0.4) is 0 Å². The Hall–Kier alpha value is -4.13. The topological polar surface area (TPSA) is 68.3 Å². The van der Waals surface area contributed by atoms with Crippen LogP contribution in [-0.4, -0.2) is 23.5 Å². The fourth-order valence-corrected chi connectivity index (χ4v) is 4.61. The summed E-state index contributed by atoms with van der Waals surface area (Å²) in [5.74, 6) is -2.79. The number of aromatic nitrogens is 1. The van der Waals surface area contributed by atoms with Crippen LogP contribution in [0.4, 0.5) is 14.5 Å². The molecule has 35 heavy (non-hydrogen) atoms. The highest BCUT2D eigenvalue weighted by Crippen LogP contribution is 2.36. The largest absolute Gasteiger partial charge is 0.452 e. The van der Waals surface area contributed by atoms with Crippen molar-refractivity contribution >= 4 is 28.5 Å². The minimum atomic E-state index is -0.911. The number of benzene rings is 3. The lowest BCUT2D eigenvalue weighted by atomic mass is 9.80. The van der Waals surface area contributed by atoms with Crippen LogP contribution in [0.25, 0.3) is 10.9 Å². The average molecular weight is 472 g/mol. The van der Waals surface area contributed by atoms with Gasteiger partial charge in [0.1, 0.15) is 11.6 Å². The number of nitrogens with one attached hydrogen (secondary N) is 1. The third-order valence-corrected chi connectivity index (χ3v) is 6.27. The number of hydrogen-bond acceptors (Lipinski definition) is 4. The molecule has 1 aliphatic carbocycles. The van der Waals surface area contributed by atoms with Gasteiger partial charge in [-0.1, -0.05) is 48.5 Å². The van der Waals surface area contributed by atoms with E-state index in [1.165, 1.54) is 5.56 Å². The second-order valence-corrected chi connectivity index (χ2v) is 8.53. The fraction of sp³-hybridized carbons (Fsp3) is 0.179. The van der Waals surface area contributed by atoms with Gasteiger partial charge in [0.15, 0.2) is 6.61 Å². The first-order valence-corrected chi connectivity index (χ1v) is 11.4. The highest BCUT2D eigenvalue weighted by molar-refractivity contribution is 6.06. The van der Waals surface area contributed by atoms with E-state index in [1.807, 2.05) is 42.5 Å².